The van der Waals surface area contributed by atoms with Gasteiger partial charge in [-0.2, -0.15) is 5.10 Å². The Morgan fingerprint density at radius 2 is 1.85 bits per heavy atom. The number of benzene rings is 2. The van der Waals surface area contributed by atoms with Crippen LogP contribution in [0.4, 0.5) is 0 Å². The van der Waals surface area contributed by atoms with Crippen molar-refractivity contribution in [3.8, 4) is 11.5 Å². The number of nitrogens with one attached hydrogen (secondary N) is 1. The second-order valence-corrected chi connectivity index (χ2v) is 8.64. The molecule has 0 saturated heterocycles. The highest BCUT2D eigenvalue weighted by Gasteiger charge is 2.19. The zero-order valence-electron chi connectivity index (χ0n) is 15.7. The maximum atomic E-state index is 12.0. The molecule has 0 aliphatic heterocycles. The molecule has 0 aliphatic carbocycles. The lowest BCUT2D eigenvalue weighted by atomic mass is 9.86. The zero-order chi connectivity index (χ0) is 20.0. The number of nitrogens with zero attached hydrogens (tertiary/aromatic N) is 1. The minimum absolute atomic E-state index is 0.102. The van der Waals surface area contributed by atoms with E-state index in [0.29, 0.717) is 5.75 Å². The number of hydrogen-bond acceptors (Lipinski definition) is 4. The number of hydrogen-bond donors (Lipinski definition) is 1. The van der Waals surface area contributed by atoms with E-state index < -0.39 is 0 Å². The predicted molar refractivity (Wildman–Crippen MR) is 115 cm³/mol. The summed E-state index contributed by atoms with van der Waals surface area (Å²) in [5, 5.41) is 3.96. The van der Waals surface area contributed by atoms with Crippen molar-refractivity contribution >= 4 is 44.0 Å². The van der Waals surface area contributed by atoms with Crippen LogP contribution in [0, 0.1) is 0 Å². The van der Waals surface area contributed by atoms with Crippen LogP contribution >= 0.6 is 31.9 Å². The summed E-state index contributed by atoms with van der Waals surface area (Å²) in [4.78, 5) is 12.0. The summed E-state index contributed by atoms with van der Waals surface area (Å²) < 4.78 is 12.7. The normalized spacial score (nSPS) is 11.5. The third-order valence-corrected chi connectivity index (χ3v) is 4.80. The fourth-order valence-electron chi connectivity index (χ4n) is 2.33. The van der Waals surface area contributed by atoms with Gasteiger partial charge in [0.25, 0.3) is 5.91 Å². The summed E-state index contributed by atoms with van der Waals surface area (Å²) in [6, 6.07) is 11.3. The second kappa shape index (κ2) is 9.37. The van der Waals surface area contributed by atoms with Crippen molar-refractivity contribution in [2.24, 2.45) is 5.10 Å². The number of ether oxygens (including phenoxy) is 2. The molecular formula is C20H22Br2N2O3. The third-order valence-electron chi connectivity index (χ3n) is 3.69. The number of hydrazone groups is 1. The van der Waals surface area contributed by atoms with Crippen molar-refractivity contribution in [1.82, 2.24) is 5.43 Å². The van der Waals surface area contributed by atoms with Gasteiger partial charge in [-0.1, -0.05) is 36.7 Å². The SMILES string of the molecule is COc1ccc(/C=N/NC(=O)COc2ccc(Br)cc2C(C)(C)C)cc1Br. The molecule has 0 aliphatic rings. The highest BCUT2D eigenvalue weighted by molar-refractivity contribution is 9.10. The average Bonchev–Trinajstić information content (AvgIpc) is 2.60. The van der Waals surface area contributed by atoms with Crippen molar-refractivity contribution < 1.29 is 14.3 Å². The van der Waals surface area contributed by atoms with E-state index in [1.807, 2.05) is 36.4 Å². The molecule has 0 fully saturated rings. The predicted octanol–water partition coefficient (Wildman–Crippen LogP) is 5.05. The van der Waals surface area contributed by atoms with Gasteiger partial charge in [-0.05, 0) is 63.3 Å². The highest BCUT2D eigenvalue weighted by Crippen LogP contribution is 2.33. The fraction of sp³-hybridized carbons (Fsp3) is 0.300. The quantitative estimate of drug-likeness (QED) is 0.449. The summed E-state index contributed by atoms with van der Waals surface area (Å²) in [6.07, 6.45) is 1.56. The molecular weight excluding hydrogens is 476 g/mol. The van der Waals surface area contributed by atoms with Gasteiger partial charge in [0.05, 0.1) is 17.8 Å². The van der Waals surface area contributed by atoms with Crippen molar-refractivity contribution in [2.45, 2.75) is 26.2 Å². The third kappa shape index (κ3) is 6.36. The molecule has 0 spiro atoms. The number of carbonyl (C=O) groups excluding carboxylic acids is 1. The molecule has 0 bridgehead atoms. The molecule has 5 nitrogen and oxygen atoms in total. The first-order valence-corrected chi connectivity index (χ1v) is 9.87. The Morgan fingerprint density at radius 3 is 2.48 bits per heavy atom. The summed E-state index contributed by atoms with van der Waals surface area (Å²) >= 11 is 6.88. The van der Waals surface area contributed by atoms with Crippen LogP contribution in [-0.4, -0.2) is 25.8 Å². The first-order chi connectivity index (χ1) is 12.7. The van der Waals surface area contributed by atoms with E-state index in [9.17, 15) is 4.79 Å². The van der Waals surface area contributed by atoms with Crippen LogP contribution in [0.15, 0.2) is 50.4 Å². The molecule has 0 radical (unpaired) electrons. The topological polar surface area (TPSA) is 59.9 Å². The van der Waals surface area contributed by atoms with Gasteiger partial charge in [0.1, 0.15) is 11.5 Å². The Kier molecular flexibility index (Phi) is 7.44. The first-order valence-electron chi connectivity index (χ1n) is 8.29. The summed E-state index contributed by atoms with van der Waals surface area (Å²) in [6.45, 7) is 6.17. The largest absolute Gasteiger partial charge is 0.496 e. The van der Waals surface area contributed by atoms with Gasteiger partial charge in [-0.15, -0.1) is 0 Å². The molecule has 0 heterocycles. The van der Waals surface area contributed by atoms with Crippen LogP contribution in [0.3, 0.4) is 0 Å². The van der Waals surface area contributed by atoms with Crippen LogP contribution in [0.1, 0.15) is 31.9 Å². The van der Waals surface area contributed by atoms with E-state index in [1.165, 1.54) is 0 Å². The van der Waals surface area contributed by atoms with Crippen molar-refractivity contribution in [3.05, 3.63) is 56.5 Å². The molecule has 0 atom stereocenters. The minimum atomic E-state index is -0.332. The van der Waals surface area contributed by atoms with Gasteiger partial charge in [-0.25, -0.2) is 5.43 Å². The first kappa shape index (κ1) is 21.4. The Bertz CT molecular complexity index is 846. The molecule has 0 aromatic heterocycles. The van der Waals surface area contributed by atoms with E-state index in [1.54, 1.807) is 13.3 Å². The molecule has 7 heteroatoms. The van der Waals surface area contributed by atoms with Gasteiger partial charge in [0, 0.05) is 10.0 Å². The van der Waals surface area contributed by atoms with Gasteiger partial charge in [-0.3, -0.25) is 4.79 Å². The Labute approximate surface area is 176 Å². The van der Waals surface area contributed by atoms with Crippen LogP contribution in [0.25, 0.3) is 0 Å². The Morgan fingerprint density at radius 1 is 1.15 bits per heavy atom. The van der Waals surface area contributed by atoms with E-state index in [0.717, 1.165) is 25.8 Å². The van der Waals surface area contributed by atoms with E-state index in [2.05, 4.69) is 63.2 Å². The van der Waals surface area contributed by atoms with Gasteiger partial charge in [0.2, 0.25) is 0 Å². The van der Waals surface area contributed by atoms with E-state index in [4.69, 9.17) is 9.47 Å². The van der Waals surface area contributed by atoms with E-state index >= 15 is 0 Å². The molecule has 2 rings (SSSR count). The standard InChI is InChI=1S/C20H22Br2N2O3/c1-20(2,3)15-10-14(21)6-8-17(15)27-12-19(25)24-23-11-13-5-7-18(26-4)16(22)9-13/h5-11H,12H2,1-4H3,(H,24,25)/b23-11+. The molecule has 1 N–H and O–H groups in total. The lowest BCUT2D eigenvalue weighted by molar-refractivity contribution is -0.123. The van der Waals surface area contributed by atoms with Crippen molar-refractivity contribution in [2.75, 3.05) is 13.7 Å². The van der Waals surface area contributed by atoms with Gasteiger partial charge >= 0.3 is 0 Å². The molecule has 27 heavy (non-hydrogen) atoms. The molecule has 0 saturated carbocycles. The van der Waals surface area contributed by atoms with E-state index in [-0.39, 0.29) is 17.9 Å². The maximum absolute atomic E-state index is 12.0. The molecule has 0 unspecified atom stereocenters. The summed E-state index contributed by atoms with van der Waals surface area (Å²) in [5.74, 6) is 1.08. The number of rotatable bonds is 6. The zero-order valence-corrected chi connectivity index (χ0v) is 18.8. The number of methoxy groups -OCH3 is 1. The second-order valence-electron chi connectivity index (χ2n) is 6.87. The number of carbonyl (C=O) groups is 1. The molecule has 1 amide bonds. The smallest absolute Gasteiger partial charge is 0.277 e. The molecule has 2 aromatic carbocycles. The molecule has 2 aromatic rings. The van der Waals surface area contributed by atoms with Gasteiger partial charge in [0.15, 0.2) is 6.61 Å². The average molecular weight is 498 g/mol. The summed E-state index contributed by atoms with van der Waals surface area (Å²) in [7, 11) is 1.60. The Hall–Kier alpha value is -1.86. The Balaban J connectivity index is 1.94. The minimum Gasteiger partial charge on any atom is -0.496 e. The molecule has 144 valence electrons. The van der Waals surface area contributed by atoms with Crippen LogP contribution < -0.4 is 14.9 Å². The monoisotopic (exact) mass is 496 g/mol. The lowest BCUT2D eigenvalue weighted by Crippen LogP contribution is -2.25. The van der Waals surface area contributed by atoms with Crippen molar-refractivity contribution in [1.29, 1.82) is 0 Å². The van der Waals surface area contributed by atoms with Crippen LogP contribution in [0.2, 0.25) is 0 Å². The summed E-state index contributed by atoms with van der Waals surface area (Å²) in [5.41, 5.74) is 4.22. The maximum Gasteiger partial charge on any atom is 0.277 e. The highest BCUT2D eigenvalue weighted by atomic mass is 79.9. The number of halogens is 2. The number of amides is 1. The fourth-order valence-corrected chi connectivity index (χ4v) is 3.25. The van der Waals surface area contributed by atoms with Crippen molar-refractivity contribution in [3.63, 3.8) is 0 Å². The lowest BCUT2D eigenvalue weighted by Gasteiger charge is -2.23. The van der Waals surface area contributed by atoms with Crippen LogP contribution in [-0.2, 0) is 10.2 Å². The van der Waals surface area contributed by atoms with Crippen LogP contribution in [0.5, 0.6) is 11.5 Å². The van der Waals surface area contributed by atoms with Gasteiger partial charge < -0.3 is 9.47 Å².